The lowest BCUT2D eigenvalue weighted by Gasteiger charge is -2.13. The van der Waals surface area contributed by atoms with Gasteiger partial charge in [-0.15, -0.1) is 0 Å². The van der Waals surface area contributed by atoms with Gasteiger partial charge in [-0.2, -0.15) is 0 Å². The quantitative estimate of drug-likeness (QED) is 0.197. The van der Waals surface area contributed by atoms with Crippen LogP contribution in [0, 0.1) is 0 Å². The summed E-state index contributed by atoms with van der Waals surface area (Å²) in [5.74, 6) is 1.81. The van der Waals surface area contributed by atoms with Crippen LogP contribution >= 0.6 is 0 Å². The van der Waals surface area contributed by atoms with Crippen molar-refractivity contribution in [1.29, 1.82) is 0 Å². The molecule has 48 heavy (non-hydrogen) atoms. The average molecular weight is 616 g/mol. The lowest BCUT2D eigenvalue weighted by molar-refractivity contribution is 0.669. The van der Waals surface area contributed by atoms with Crippen LogP contribution in [0.15, 0.2) is 160 Å². The highest BCUT2D eigenvalue weighted by Crippen LogP contribution is 2.40. The minimum Gasteiger partial charge on any atom is -0.456 e. The largest absolute Gasteiger partial charge is 0.456 e. The SMILES string of the molecule is c1ccc(-c2nc(-c3cc(-c4cccc5c4oc4ccccc45)c4ccccc4c3)nc(-c3ccc4oc5ccccc5c4c3)n2)cc1. The smallest absolute Gasteiger partial charge is 0.164 e. The fourth-order valence-corrected chi connectivity index (χ4v) is 6.84. The van der Waals surface area contributed by atoms with E-state index < -0.39 is 0 Å². The minimum atomic E-state index is 0.597. The van der Waals surface area contributed by atoms with Crippen molar-refractivity contribution in [2.24, 2.45) is 0 Å². The fraction of sp³-hybridized carbons (Fsp3) is 0. The Morgan fingerprint density at radius 3 is 1.75 bits per heavy atom. The molecule has 0 saturated heterocycles. The second-order valence-electron chi connectivity index (χ2n) is 12.0. The van der Waals surface area contributed by atoms with Crippen LogP contribution in [0.25, 0.3) is 99.9 Å². The van der Waals surface area contributed by atoms with Crippen LogP contribution in [0.4, 0.5) is 0 Å². The maximum Gasteiger partial charge on any atom is 0.164 e. The van der Waals surface area contributed by atoms with E-state index in [4.69, 9.17) is 23.8 Å². The molecule has 0 saturated carbocycles. The summed E-state index contributed by atoms with van der Waals surface area (Å²) in [6.45, 7) is 0. The molecule has 0 unspecified atom stereocenters. The molecule has 0 fully saturated rings. The summed E-state index contributed by atoms with van der Waals surface area (Å²) < 4.78 is 12.6. The molecule has 224 valence electrons. The number of fused-ring (bicyclic) bond motifs is 7. The van der Waals surface area contributed by atoms with E-state index in [0.717, 1.165) is 82.5 Å². The molecular formula is C43H25N3O2. The molecular weight excluding hydrogens is 590 g/mol. The van der Waals surface area contributed by atoms with E-state index in [9.17, 15) is 0 Å². The Balaban J connectivity index is 1.22. The molecule has 5 nitrogen and oxygen atoms in total. The maximum absolute atomic E-state index is 6.50. The molecule has 5 heteroatoms. The number of furan rings is 2. The second kappa shape index (κ2) is 10.5. The number of rotatable bonds is 4. The van der Waals surface area contributed by atoms with Gasteiger partial charge in [-0.3, -0.25) is 0 Å². The standard InChI is InChI=1S/C43H25N3O2/c1-2-11-26(12-3-1)41-44-42(28-21-22-39-36(24-28)32-16-7-8-19-37(32)47-39)46-43(45-41)29-23-27-13-4-5-14-30(27)35(25-29)34-18-10-17-33-31-15-6-9-20-38(31)48-40(33)34/h1-25H. The maximum atomic E-state index is 6.50. The minimum absolute atomic E-state index is 0.597. The third kappa shape index (κ3) is 4.22. The van der Waals surface area contributed by atoms with Crippen molar-refractivity contribution in [3.63, 3.8) is 0 Å². The number of hydrogen-bond donors (Lipinski definition) is 0. The third-order valence-corrected chi connectivity index (χ3v) is 9.12. The number of benzene rings is 7. The molecule has 0 radical (unpaired) electrons. The van der Waals surface area contributed by atoms with Gasteiger partial charge in [0.25, 0.3) is 0 Å². The fourth-order valence-electron chi connectivity index (χ4n) is 6.84. The van der Waals surface area contributed by atoms with Crippen LogP contribution in [0.2, 0.25) is 0 Å². The Bertz CT molecular complexity index is 2850. The summed E-state index contributed by atoms with van der Waals surface area (Å²) in [6.07, 6.45) is 0. The van der Waals surface area contributed by atoms with Gasteiger partial charge in [0.05, 0.1) is 0 Å². The third-order valence-electron chi connectivity index (χ3n) is 9.12. The highest BCUT2D eigenvalue weighted by Gasteiger charge is 2.18. The lowest BCUT2D eigenvalue weighted by Crippen LogP contribution is -2.00. The van der Waals surface area contributed by atoms with Crippen LogP contribution in [0.1, 0.15) is 0 Å². The van der Waals surface area contributed by atoms with E-state index in [1.807, 2.05) is 72.8 Å². The van der Waals surface area contributed by atoms with Gasteiger partial charge in [-0.1, -0.05) is 109 Å². The Morgan fingerprint density at radius 1 is 0.333 bits per heavy atom. The zero-order chi connectivity index (χ0) is 31.6. The predicted molar refractivity (Wildman–Crippen MR) is 194 cm³/mol. The van der Waals surface area contributed by atoms with Gasteiger partial charge in [0.15, 0.2) is 17.5 Å². The Morgan fingerprint density at radius 2 is 0.938 bits per heavy atom. The van der Waals surface area contributed by atoms with E-state index in [-0.39, 0.29) is 0 Å². The summed E-state index contributed by atoms with van der Waals surface area (Å²) >= 11 is 0. The summed E-state index contributed by atoms with van der Waals surface area (Å²) in [7, 11) is 0. The number of para-hydroxylation sites is 3. The van der Waals surface area contributed by atoms with Crippen molar-refractivity contribution in [1.82, 2.24) is 15.0 Å². The molecule has 10 aromatic rings. The van der Waals surface area contributed by atoms with Crippen molar-refractivity contribution in [2.75, 3.05) is 0 Å². The molecule has 0 spiro atoms. The van der Waals surface area contributed by atoms with Crippen LogP contribution in [0.5, 0.6) is 0 Å². The number of nitrogens with zero attached hydrogens (tertiary/aromatic N) is 3. The zero-order valence-electron chi connectivity index (χ0n) is 25.6. The summed E-state index contributed by atoms with van der Waals surface area (Å²) in [5.41, 5.74) is 8.21. The highest BCUT2D eigenvalue weighted by atomic mass is 16.3. The first-order valence-electron chi connectivity index (χ1n) is 15.9. The van der Waals surface area contributed by atoms with E-state index in [1.165, 1.54) is 0 Å². The molecule has 3 heterocycles. The predicted octanol–water partition coefficient (Wildman–Crippen LogP) is 11.5. The number of hydrogen-bond acceptors (Lipinski definition) is 5. The van der Waals surface area contributed by atoms with Gasteiger partial charge < -0.3 is 8.83 Å². The van der Waals surface area contributed by atoms with Crippen molar-refractivity contribution in [3.05, 3.63) is 152 Å². The van der Waals surface area contributed by atoms with Gasteiger partial charge in [0, 0.05) is 43.8 Å². The van der Waals surface area contributed by atoms with Crippen LogP contribution in [-0.4, -0.2) is 15.0 Å². The molecule has 0 aliphatic heterocycles. The Hall–Kier alpha value is -6.59. The van der Waals surface area contributed by atoms with Gasteiger partial charge in [0.1, 0.15) is 22.3 Å². The van der Waals surface area contributed by atoms with E-state index in [0.29, 0.717) is 17.5 Å². The molecule has 0 atom stereocenters. The first-order chi connectivity index (χ1) is 23.8. The van der Waals surface area contributed by atoms with Gasteiger partial charge in [-0.05, 0) is 58.8 Å². The van der Waals surface area contributed by atoms with Crippen molar-refractivity contribution < 1.29 is 8.83 Å². The van der Waals surface area contributed by atoms with Crippen molar-refractivity contribution >= 4 is 54.6 Å². The monoisotopic (exact) mass is 615 g/mol. The first kappa shape index (κ1) is 26.6. The molecule has 0 N–H and O–H groups in total. The van der Waals surface area contributed by atoms with E-state index in [1.54, 1.807) is 0 Å². The second-order valence-corrected chi connectivity index (χ2v) is 12.0. The summed E-state index contributed by atoms with van der Waals surface area (Å²) in [6, 6.07) is 51.6. The van der Waals surface area contributed by atoms with Crippen LogP contribution in [0.3, 0.4) is 0 Å². The lowest BCUT2D eigenvalue weighted by atomic mass is 9.94. The zero-order valence-corrected chi connectivity index (χ0v) is 25.6. The summed E-state index contributed by atoms with van der Waals surface area (Å²) in [4.78, 5) is 15.2. The molecule has 0 amide bonds. The summed E-state index contributed by atoms with van der Waals surface area (Å²) in [5, 5.41) is 6.50. The van der Waals surface area contributed by atoms with Gasteiger partial charge in [-0.25, -0.2) is 15.0 Å². The van der Waals surface area contributed by atoms with Crippen molar-refractivity contribution in [3.8, 4) is 45.3 Å². The normalized spacial score (nSPS) is 11.8. The van der Waals surface area contributed by atoms with Gasteiger partial charge >= 0.3 is 0 Å². The molecule has 7 aromatic carbocycles. The van der Waals surface area contributed by atoms with Crippen molar-refractivity contribution in [2.45, 2.75) is 0 Å². The molecule has 3 aromatic heterocycles. The molecule has 0 aliphatic carbocycles. The number of aromatic nitrogens is 3. The van der Waals surface area contributed by atoms with Crippen LogP contribution in [-0.2, 0) is 0 Å². The molecule has 10 rings (SSSR count). The molecule has 0 aliphatic rings. The average Bonchev–Trinajstić information content (AvgIpc) is 3.73. The Kier molecular flexibility index (Phi) is 5.81. The van der Waals surface area contributed by atoms with E-state index in [2.05, 4.69) is 78.9 Å². The Labute approximate surface area is 274 Å². The van der Waals surface area contributed by atoms with Gasteiger partial charge in [0.2, 0.25) is 0 Å². The molecule has 0 bridgehead atoms. The van der Waals surface area contributed by atoms with Crippen LogP contribution < -0.4 is 0 Å². The highest BCUT2D eigenvalue weighted by molar-refractivity contribution is 6.13. The first-order valence-corrected chi connectivity index (χ1v) is 15.9. The van der Waals surface area contributed by atoms with E-state index >= 15 is 0 Å². The topological polar surface area (TPSA) is 65.0 Å².